The van der Waals surface area contributed by atoms with E-state index in [4.69, 9.17) is 0 Å². The van der Waals surface area contributed by atoms with Gasteiger partial charge >= 0.3 is 0 Å². The molecule has 0 saturated heterocycles. The Labute approximate surface area is 117 Å². The Bertz CT molecular complexity index is 271. The van der Waals surface area contributed by atoms with Crippen LogP contribution in [-0.4, -0.2) is 59.6 Å². The molecule has 112 valence electrons. The molecule has 0 aromatic rings. The van der Waals surface area contributed by atoms with Crippen LogP contribution in [0.1, 0.15) is 52.4 Å². The maximum Gasteiger partial charge on any atom is 0.222 e. The van der Waals surface area contributed by atoms with Crippen molar-refractivity contribution in [3.05, 3.63) is 0 Å². The maximum absolute atomic E-state index is 11.9. The van der Waals surface area contributed by atoms with E-state index < -0.39 is 5.60 Å². The lowest BCUT2D eigenvalue weighted by Gasteiger charge is -2.28. The minimum Gasteiger partial charge on any atom is -0.389 e. The van der Waals surface area contributed by atoms with Gasteiger partial charge in [-0.1, -0.05) is 12.8 Å². The molecule has 1 saturated carbocycles. The summed E-state index contributed by atoms with van der Waals surface area (Å²) in [5.74, 6) is 0.248. The predicted octanol–water partition coefficient (Wildman–Crippen LogP) is 1.87. The van der Waals surface area contributed by atoms with Crippen LogP contribution in [0.4, 0.5) is 0 Å². The van der Waals surface area contributed by atoms with E-state index in [0.29, 0.717) is 6.42 Å². The van der Waals surface area contributed by atoms with E-state index in [0.717, 1.165) is 58.3 Å². The average molecular weight is 270 g/mol. The van der Waals surface area contributed by atoms with Crippen LogP contribution in [0.2, 0.25) is 0 Å². The molecular weight excluding hydrogens is 240 g/mol. The summed E-state index contributed by atoms with van der Waals surface area (Å²) >= 11 is 0. The fourth-order valence-corrected chi connectivity index (χ4v) is 3.01. The Morgan fingerprint density at radius 1 is 1.21 bits per heavy atom. The van der Waals surface area contributed by atoms with Crippen molar-refractivity contribution < 1.29 is 9.90 Å². The Hall–Kier alpha value is -0.610. The molecule has 19 heavy (non-hydrogen) atoms. The van der Waals surface area contributed by atoms with Crippen molar-refractivity contribution in [3.63, 3.8) is 0 Å². The van der Waals surface area contributed by atoms with Crippen molar-refractivity contribution >= 4 is 5.91 Å². The van der Waals surface area contributed by atoms with Gasteiger partial charge in [0.15, 0.2) is 0 Å². The fourth-order valence-electron chi connectivity index (χ4n) is 3.01. The predicted molar refractivity (Wildman–Crippen MR) is 78.1 cm³/mol. The highest BCUT2D eigenvalue weighted by Gasteiger charge is 2.31. The Morgan fingerprint density at radius 3 is 2.32 bits per heavy atom. The first-order valence-electron chi connectivity index (χ1n) is 7.69. The third-order valence-electron chi connectivity index (χ3n) is 4.15. The number of hydrogen-bond donors (Lipinski definition) is 1. The molecule has 0 unspecified atom stereocenters. The second-order valence-corrected chi connectivity index (χ2v) is 5.84. The van der Waals surface area contributed by atoms with E-state index in [1.165, 1.54) is 0 Å². The molecule has 0 aromatic carbocycles. The molecule has 1 aliphatic rings. The number of aliphatic hydroxyl groups is 1. The number of nitrogens with zero attached hydrogens (tertiary/aromatic N) is 2. The smallest absolute Gasteiger partial charge is 0.222 e. The second-order valence-electron chi connectivity index (χ2n) is 5.84. The van der Waals surface area contributed by atoms with Crippen LogP contribution < -0.4 is 0 Å². The third-order valence-corrected chi connectivity index (χ3v) is 4.15. The van der Waals surface area contributed by atoms with Gasteiger partial charge in [-0.05, 0) is 46.7 Å². The van der Waals surface area contributed by atoms with Crippen LogP contribution in [0, 0.1) is 0 Å². The van der Waals surface area contributed by atoms with Crippen LogP contribution in [0.25, 0.3) is 0 Å². The highest BCUT2D eigenvalue weighted by Crippen LogP contribution is 2.29. The standard InChI is InChI=1S/C15H30N2O2/c1-4-17(5-2)14(18)9-8-12-16(3)13-15(19)10-6-7-11-15/h19H,4-13H2,1-3H3. The minimum atomic E-state index is -0.475. The molecule has 1 aliphatic carbocycles. The van der Waals surface area contributed by atoms with Crippen LogP contribution in [0.15, 0.2) is 0 Å². The maximum atomic E-state index is 11.9. The van der Waals surface area contributed by atoms with Gasteiger partial charge in [0, 0.05) is 26.1 Å². The lowest BCUT2D eigenvalue weighted by Crippen LogP contribution is -2.39. The molecule has 4 nitrogen and oxygen atoms in total. The molecule has 0 atom stereocenters. The van der Waals surface area contributed by atoms with Gasteiger partial charge in [0.2, 0.25) is 5.91 Å². The fraction of sp³-hybridized carbons (Fsp3) is 0.933. The highest BCUT2D eigenvalue weighted by atomic mass is 16.3. The molecule has 0 heterocycles. The largest absolute Gasteiger partial charge is 0.389 e. The first-order valence-corrected chi connectivity index (χ1v) is 7.69. The van der Waals surface area contributed by atoms with Gasteiger partial charge in [-0.25, -0.2) is 0 Å². The number of rotatable bonds is 8. The van der Waals surface area contributed by atoms with Gasteiger partial charge in [0.05, 0.1) is 5.60 Å². The first-order chi connectivity index (χ1) is 9.00. The molecule has 4 heteroatoms. The van der Waals surface area contributed by atoms with E-state index in [2.05, 4.69) is 4.90 Å². The third kappa shape index (κ3) is 5.49. The number of likely N-dealkylation sites (N-methyl/N-ethyl adjacent to an activating group) is 1. The number of carbonyl (C=O) groups excluding carboxylic acids is 1. The molecule has 0 radical (unpaired) electrons. The van der Waals surface area contributed by atoms with E-state index in [1.54, 1.807) is 0 Å². The Morgan fingerprint density at radius 2 is 1.79 bits per heavy atom. The lowest BCUT2D eigenvalue weighted by atomic mass is 10.0. The van der Waals surface area contributed by atoms with Crippen molar-refractivity contribution in [2.45, 2.75) is 58.0 Å². The number of hydrogen-bond acceptors (Lipinski definition) is 3. The summed E-state index contributed by atoms with van der Waals surface area (Å²) in [5, 5.41) is 10.3. The van der Waals surface area contributed by atoms with E-state index in [1.807, 2.05) is 25.8 Å². The molecule has 0 aliphatic heterocycles. The van der Waals surface area contributed by atoms with Gasteiger partial charge < -0.3 is 14.9 Å². The lowest BCUT2D eigenvalue weighted by molar-refractivity contribution is -0.130. The van der Waals surface area contributed by atoms with Gasteiger partial charge in [-0.3, -0.25) is 4.79 Å². The number of amides is 1. The van der Waals surface area contributed by atoms with Crippen LogP contribution in [0.3, 0.4) is 0 Å². The van der Waals surface area contributed by atoms with Crippen LogP contribution >= 0.6 is 0 Å². The summed E-state index contributed by atoms with van der Waals surface area (Å²) in [4.78, 5) is 15.9. The van der Waals surface area contributed by atoms with Crippen molar-refractivity contribution in [2.24, 2.45) is 0 Å². The molecular formula is C15H30N2O2. The topological polar surface area (TPSA) is 43.8 Å². The van der Waals surface area contributed by atoms with Gasteiger partial charge in [-0.15, -0.1) is 0 Å². The zero-order valence-corrected chi connectivity index (χ0v) is 12.8. The Kier molecular flexibility index (Phi) is 6.80. The monoisotopic (exact) mass is 270 g/mol. The molecule has 0 spiro atoms. The van der Waals surface area contributed by atoms with Crippen molar-refractivity contribution in [3.8, 4) is 0 Å². The van der Waals surface area contributed by atoms with Gasteiger partial charge in [0.25, 0.3) is 0 Å². The van der Waals surface area contributed by atoms with Gasteiger partial charge in [-0.2, -0.15) is 0 Å². The van der Waals surface area contributed by atoms with Crippen molar-refractivity contribution in [2.75, 3.05) is 33.2 Å². The minimum absolute atomic E-state index is 0.248. The summed E-state index contributed by atoms with van der Waals surface area (Å²) < 4.78 is 0. The summed E-state index contributed by atoms with van der Waals surface area (Å²) in [6.45, 7) is 7.25. The molecule has 1 rings (SSSR count). The molecule has 0 aromatic heterocycles. The summed E-state index contributed by atoms with van der Waals surface area (Å²) in [5.41, 5.74) is -0.475. The highest BCUT2D eigenvalue weighted by molar-refractivity contribution is 5.76. The molecule has 0 bridgehead atoms. The number of carbonyl (C=O) groups is 1. The first kappa shape index (κ1) is 16.4. The Balaban J connectivity index is 2.19. The van der Waals surface area contributed by atoms with Crippen molar-refractivity contribution in [1.29, 1.82) is 0 Å². The van der Waals surface area contributed by atoms with E-state index in [-0.39, 0.29) is 5.91 Å². The van der Waals surface area contributed by atoms with Crippen molar-refractivity contribution in [1.82, 2.24) is 9.80 Å². The zero-order chi connectivity index (χ0) is 14.3. The van der Waals surface area contributed by atoms with E-state index >= 15 is 0 Å². The zero-order valence-electron chi connectivity index (χ0n) is 12.8. The summed E-state index contributed by atoms with van der Waals surface area (Å²) in [6.07, 6.45) is 5.63. The molecule has 1 fully saturated rings. The molecule has 1 amide bonds. The summed E-state index contributed by atoms with van der Waals surface area (Å²) in [7, 11) is 2.04. The van der Waals surface area contributed by atoms with Crippen LogP contribution in [-0.2, 0) is 4.79 Å². The normalized spacial score (nSPS) is 17.9. The average Bonchev–Trinajstić information content (AvgIpc) is 2.77. The van der Waals surface area contributed by atoms with Crippen LogP contribution in [0.5, 0.6) is 0 Å². The quantitative estimate of drug-likeness (QED) is 0.732. The SMILES string of the molecule is CCN(CC)C(=O)CCCN(C)CC1(O)CCCC1. The summed E-state index contributed by atoms with van der Waals surface area (Å²) in [6, 6.07) is 0. The molecule has 1 N–H and O–H groups in total. The van der Waals surface area contributed by atoms with E-state index in [9.17, 15) is 9.90 Å². The second kappa shape index (κ2) is 7.85. The van der Waals surface area contributed by atoms with Gasteiger partial charge in [0.1, 0.15) is 0 Å².